The van der Waals surface area contributed by atoms with Gasteiger partial charge < -0.3 is 9.72 Å². The quantitative estimate of drug-likeness (QED) is 0.480. The second-order valence-corrected chi connectivity index (χ2v) is 8.17. The summed E-state index contributed by atoms with van der Waals surface area (Å²) in [6, 6.07) is 11.3. The van der Waals surface area contributed by atoms with Crippen LogP contribution in [0.15, 0.2) is 52.6 Å². The standard InChI is InChI=1S/C23H22ClN5O2/c1-31-20-7-4-15(10-16(20)13-28-8-2-3-9-28)12-26-29-14-25-21-18-11-17(24)5-6-19(18)27-22(21)23(29)30/h4-7,10-12,14,27H,2-3,8-9,13H2,1H3. The number of likely N-dealkylation sites (tertiary alicyclic amines) is 1. The number of halogens is 1. The van der Waals surface area contributed by atoms with Crippen molar-refractivity contribution >= 4 is 39.8 Å². The second-order valence-electron chi connectivity index (χ2n) is 7.73. The first-order valence-corrected chi connectivity index (χ1v) is 10.6. The molecule has 158 valence electrons. The first-order valence-electron chi connectivity index (χ1n) is 10.2. The lowest BCUT2D eigenvalue weighted by Gasteiger charge is -2.17. The summed E-state index contributed by atoms with van der Waals surface area (Å²) in [5.41, 5.74) is 3.55. The minimum Gasteiger partial charge on any atom is -0.496 e. The van der Waals surface area contributed by atoms with Gasteiger partial charge in [0.1, 0.15) is 23.1 Å². The van der Waals surface area contributed by atoms with Crippen LogP contribution in [-0.4, -0.2) is 46.0 Å². The zero-order valence-electron chi connectivity index (χ0n) is 17.1. The molecule has 4 aromatic rings. The minimum atomic E-state index is -0.264. The summed E-state index contributed by atoms with van der Waals surface area (Å²) in [5, 5.41) is 5.77. The molecule has 2 aromatic carbocycles. The van der Waals surface area contributed by atoms with Gasteiger partial charge in [-0.25, -0.2) is 4.98 Å². The van der Waals surface area contributed by atoms with E-state index in [9.17, 15) is 4.79 Å². The van der Waals surface area contributed by atoms with Gasteiger partial charge in [0.05, 0.1) is 13.3 Å². The Morgan fingerprint density at radius 3 is 2.87 bits per heavy atom. The van der Waals surface area contributed by atoms with Gasteiger partial charge in [-0.15, -0.1) is 0 Å². The Morgan fingerprint density at radius 2 is 2.06 bits per heavy atom. The van der Waals surface area contributed by atoms with Crippen LogP contribution in [0.1, 0.15) is 24.0 Å². The van der Waals surface area contributed by atoms with Crippen molar-refractivity contribution in [3.8, 4) is 5.75 Å². The number of hydrogen-bond acceptors (Lipinski definition) is 5. The molecule has 0 saturated carbocycles. The molecule has 1 aliphatic rings. The molecule has 5 rings (SSSR count). The Bertz CT molecular complexity index is 1350. The molecular weight excluding hydrogens is 414 g/mol. The van der Waals surface area contributed by atoms with Gasteiger partial charge in [0.2, 0.25) is 0 Å². The fraction of sp³-hybridized carbons (Fsp3) is 0.261. The van der Waals surface area contributed by atoms with E-state index in [4.69, 9.17) is 16.3 Å². The Labute approximate surface area is 183 Å². The van der Waals surface area contributed by atoms with Crippen molar-refractivity contribution in [2.24, 2.45) is 5.10 Å². The van der Waals surface area contributed by atoms with E-state index in [2.05, 4.69) is 26.0 Å². The summed E-state index contributed by atoms with van der Waals surface area (Å²) in [5.74, 6) is 0.862. The maximum absolute atomic E-state index is 12.9. The van der Waals surface area contributed by atoms with Gasteiger partial charge in [-0.3, -0.25) is 9.69 Å². The maximum Gasteiger partial charge on any atom is 0.298 e. The van der Waals surface area contributed by atoms with Crippen molar-refractivity contribution in [2.45, 2.75) is 19.4 Å². The Morgan fingerprint density at radius 1 is 1.23 bits per heavy atom. The molecule has 1 fully saturated rings. The minimum absolute atomic E-state index is 0.264. The largest absolute Gasteiger partial charge is 0.496 e. The smallest absolute Gasteiger partial charge is 0.298 e. The lowest BCUT2D eigenvalue weighted by atomic mass is 10.1. The van der Waals surface area contributed by atoms with E-state index < -0.39 is 0 Å². The third-order valence-electron chi connectivity index (χ3n) is 5.68. The molecule has 1 saturated heterocycles. The van der Waals surface area contributed by atoms with Crippen LogP contribution in [0.2, 0.25) is 5.02 Å². The number of aromatic nitrogens is 3. The molecule has 1 aliphatic heterocycles. The molecule has 0 aliphatic carbocycles. The normalized spacial score (nSPS) is 14.9. The number of ether oxygens (including phenoxy) is 1. The third-order valence-corrected chi connectivity index (χ3v) is 5.91. The van der Waals surface area contributed by atoms with E-state index in [1.165, 1.54) is 23.8 Å². The number of methoxy groups -OCH3 is 1. The fourth-order valence-electron chi connectivity index (χ4n) is 4.11. The number of benzene rings is 2. The van der Waals surface area contributed by atoms with Gasteiger partial charge in [-0.2, -0.15) is 9.78 Å². The van der Waals surface area contributed by atoms with Gasteiger partial charge in [-0.05, 0) is 67.9 Å². The number of nitrogens with zero attached hydrogens (tertiary/aromatic N) is 4. The van der Waals surface area contributed by atoms with Crippen molar-refractivity contribution in [1.29, 1.82) is 0 Å². The zero-order chi connectivity index (χ0) is 21.4. The molecule has 1 N–H and O–H groups in total. The van der Waals surface area contributed by atoms with E-state index in [1.54, 1.807) is 25.5 Å². The highest BCUT2D eigenvalue weighted by atomic mass is 35.5. The number of aromatic amines is 1. The third kappa shape index (κ3) is 3.82. The molecule has 0 radical (unpaired) electrons. The molecular formula is C23H22ClN5O2. The molecule has 0 spiro atoms. The summed E-state index contributed by atoms with van der Waals surface area (Å²) < 4.78 is 6.77. The van der Waals surface area contributed by atoms with Gasteiger partial charge in [0, 0.05) is 28.0 Å². The highest BCUT2D eigenvalue weighted by Gasteiger charge is 2.15. The van der Waals surface area contributed by atoms with Crippen LogP contribution in [0.4, 0.5) is 0 Å². The lowest BCUT2D eigenvalue weighted by molar-refractivity contribution is 0.321. The highest BCUT2D eigenvalue weighted by Crippen LogP contribution is 2.25. The zero-order valence-corrected chi connectivity index (χ0v) is 17.9. The molecule has 7 nitrogen and oxygen atoms in total. The summed E-state index contributed by atoms with van der Waals surface area (Å²) in [6.45, 7) is 3.06. The number of fused-ring (bicyclic) bond motifs is 3. The van der Waals surface area contributed by atoms with Crippen LogP contribution in [0.5, 0.6) is 5.75 Å². The SMILES string of the molecule is COc1ccc(C=Nn2cnc3c([nH]c4ccc(Cl)cc43)c2=O)cc1CN1CCCC1. The van der Waals surface area contributed by atoms with Gasteiger partial charge in [-0.1, -0.05) is 11.6 Å². The summed E-state index contributed by atoms with van der Waals surface area (Å²) in [7, 11) is 1.69. The van der Waals surface area contributed by atoms with Crippen LogP contribution in [-0.2, 0) is 6.54 Å². The van der Waals surface area contributed by atoms with E-state index in [1.807, 2.05) is 18.2 Å². The topological polar surface area (TPSA) is 75.5 Å². The van der Waals surface area contributed by atoms with Crippen LogP contribution in [0.25, 0.3) is 21.9 Å². The molecule has 0 bridgehead atoms. The predicted molar refractivity (Wildman–Crippen MR) is 123 cm³/mol. The molecule has 3 heterocycles. The fourth-order valence-corrected chi connectivity index (χ4v) is 4.29. The molecule has 31 heavy (non-hydrogen) atoms. The highest BCUT2D eigenvalue weighted by molar-refractivity contribution is 6.31. The second kappa shape index (κ2) is 8.17. The van der Waals surface area contributed by atoms with E-state index >= 15 is 0 Å². The summed E-state index contributed by atoms with van der Waals surface area (Å²) in [4.78, 5) is 22.9. The average molecular weight is 436 g/mol. The monoisotopic (exact) mass is 435 g/mol. The van der Waals surface area contributed by atoms with Crippen molar-refractivity contribution in [1.82, 2.24) is 19.5 Å². The molecule has 2 aromatic heterocycles. The number of rotatable bonds is 5. The number of H-pyrrole nitrogens is 1. The predicted octanol–water partition coefficient (Wildman–Crippen LogP) is 4.02. The van der Waals surface area contributed by atoms with E-state index in [-0.39, 0.29) is 5.56 Å². The molecule has 0 amide bonds. The summed E-state index contributed by atoms with van der Waals surface area (Å²) >= 11 is 6.09. The van der Waals surface area contributed by atoms with E-state index in [0.717, 1.165) is 47.4 Å². The maximum atomic E-state index is 12.9. The lowest BCUT2D eigenvalue weighted by Crippen LogP contribution is -2.19. The van der Waals surface area contributed by atoms with Crippen molar-refractivity contribution in [3.63, 3.8) is 0 Å². The van der Waals surface area contributed by atoms with Gasteiger partial charge >= 0.3 is 0 Å². The molecule has 0 unspecified atom stereocenters. The van der Waals surface area contributed by atoms with Crippen LogP contribution < -0.4 is 10.3 Å². The van der Waals surface area contributed by atoms with Crippen molar-refractivity contribution in [2.75, 3.05) is 20.2 Å². The Kier molecular flexibility index (Phi) is 5.21. The van der Waals surface area contributed by atoms with E-state index in [0.29, 0.717) is 16.1 Å². The Balaban J connectivity index is 1.47. The molecule has 0 atom stereocenters. The van der Waals surface area contributed by atoms with Crippen molar-refractivity contribution in [3.05, 3.63) is 69.2 Å². The Hall–Kier alpha value is -3.16. The van der Waals surface area contributed by atoms with Crippen LogP contribution in [0.3, 0.4) is 0 Å². The number of nitrogens with one attached hydrogen (secondary N) is 1. The first-order chi connectivity index (χ1) is 15.1. The van der Waals surface area contributed by atoms with Crippen LogP contribution in [0, 0.1) is 0 Å². The van der Waals surface area contributed by atoms with Gasteiger partial charge in [0.25, 0.3) is 5.56 Å². The van der Waals surface area contributed by atoms with Gasteiger partial charge in [0.15, 0.2) is 0 Å². The first kappa shape index (κ1) is 19.8. The van der Waals surface area contributed by atoms with Crippen LogP contribution >= 0.6 is 11.6 Å². The molecule has 8 heteroatoms. The summed E-state index contributed by atoms with van der Waals surface area (Å²) in [6.07, 6.45) is 5.58. The number of hydrogen-bond donors (Lipinski definition) is 1. The average Bonchev–Trinajstić information content (AvgIpc) is 3.41. The van der Waals surface area contributed by atoms with Crippen molar-refractivity contribution < 1.29 is 4.74 Å².